The summed E-state index contributed by atoms with van der Waals surface area (Å²) in [7, 11) is 0. The predicted molar refractivity (Wildman–Crippen MR) is 50.1 cm³/mol. The van der Waals surface area contributed by atoms with Crippen molar-refractivity contribution in [1.82, 2.24) is 5.32 Å². The molecule has 0 aliphatic carbocycles. The molecule has 3 N–H and O–H groups in total. The molecular formula is C9H20N2O. The normalized spacial score (nSPS) is 27.0. The third-order valence-corrected chi connectivity index (χ3v) is 2.32. The predicted octanol–water partition coefficient (Wildman–Crippen LogP) is 0.492. The first-order valence-electron chi connectivity index (χ1n) is 4.88. The molecule has 1 rings (SSSR count). The zero-order chi connectivity index (χ0) is 8.81. The van der Waals surface area contributed by atoms with Crippen LogP contribution in [0.4, 0.5) is 0 Å². The molecule has 1 fully saturated rings. The summed E-state index contributed by atoms with van der Waals surface area (Å²) in [5.41, 5.74) is 5.48. The van der Waals surface area contributed by atoms with E-state index in [9.17, 15) is 0 Å². The van der Waals surface area contributed by atoms with Crippen molar-refractivity contribution in [2.45, 2.75) is 38.3 Å². The molecule has 1 unspecified atom stereocenters. The number of hydrogen-bond donors (Lipinski definition) is 2. The summed E-state index contributed by atoms with van der Waals surface area (Å²) in [5.74, 6) is 0. The standard InChI is InChI=1S/C9H20N2O/c1-8(6-10)11-7-9-4-2-3-5-12-9/h8-9,11H,2-7,10H2,1H3/t8-,9?/m0/s1. The summed E-state index contributed by atoms with van der Waals surface area (Å²) in [5, 5.41) is 3.35. The Hall–Kier alpha value is -0.120. The highest BCUT2D eigenvalue weighted by Gasteiger charge is 2.13. The molecule has 0 spiro atoms. The SMILES string of the molecule is C[C@@H](CN)NCC1CCCCO1. The van der Waals surface area contributed by atoms with Crippen LogP contribution in [0.25, 0.3) is 0 Å². The fraction of sp³-hybridized carbons (Fsp3) is 1.00. The van der Waals surface area contributed by atoms with Crippen molar-refractivity contribution < 1.29 is 4.74 Å². The van der Waals surface area contributed by atoms with E-state index in [1.54, 1.807) is 0 Å². The number of rotatable bonds is 4. The number of ether oxygens (including phenoxy) is 1. The van der Waals surface area contributed by atoms with Crippen LogP contribution in [0, 0.1) is 0 Å². The molecule has 3 nitrogen and oxygen atoms in total. The monoisotopic (exact) mass is 172 g/mol. The fourth-order valence-electron chi connectivity index (χ4n) is 1.38. The van der Waals surface area contributed by atoms with Crippen molar-refractivity contribution in [3.05, 3.63) is 0 Å². The average Bonchev–Trinajstić information content (AvgIpc) is 2.16. The Morgan fingerprint density at radius 2 is 2.42 bits per heavy atom. The van der Waals surface area contributed by atoms with Crippen molar-refractivity contribution in [1.29, 1.82) is 0 Å². The van der Waals surface area contributed by atoms with Gasteiger partial charge in [0.2, 0.25) is 0 Å². The van der Waals surface area contributed by atoms with Gasteiger partial charge in [0.25, 0.3) is 0 Å². The summed E-state index contributed by atoms with van der Waals surface area (Å²) in [4.78, 5) is 0. The Kier molecular flexibility index (Phi) is 4.58. The van der Waals surface area contributed by atoms with Gasteiger partial charge in [-0.25, -0.2) is 0 Å². The van der Waals surface area contributed by atoms with Crippen molar-refractivity contribution >= 4 is 0 Å². The maximum atomic E-state index is 5.57. The maximum Gasteiger partial charge on any atom is 0.0699 e. The van der Waals surface area contributed by atoms with Crippen LogP contribution < -0.4 is 11.1 Å². The van der Waals surface area contributed by atoms with Crippen LogP contribution in [-0.4, -0.2) is 31.8 Å². The number of hydrogen-bond acceptors (Lipinski definition) is 3. The van der Waals surface area contributed by atoms with Gasteiger partial charge in [0.15, 0.2) is 0 Å². The molecular weight excluding hydrogens is 152 g/mol. The lowest BCUT2D eigenvalue weighted by molar-refractivity contribution is 0.0158. The van der Waals surface area contributed by atoms with Crippen molar-refractivity contribution in [2.75, 3.05) is 19.7 Å². The van der Waals surface area contributed by atoms with E-state index in [1.165, 1.54) is 19.3 Å². The van der Waals surface area contributed by atoms with Crippen LogP contribution in [0.2, 0.25) is 0 Å². The molecule has 0 amide bonds. The summed E-state index contributed by atoms with van der Waals surface area (Å²) >= 11 is 0. The molecule has 1 aliphatic heterocycles. The molecule has 0 saturated carbocycles. The van der Waals surface area contributed by atoms with Gasteiger partial charge in [0.1, 0.15) is 0 Å². The van der Waals surface area contributed by atoms with E-state index in [-0.39, 0.29) is 0 Å². The van der Waals surface area contributed by atoms with E-state index in [2.05, 4.69) is 12.2 Å². The van der Waals surface area contributed by atoms with Gasteiger partial charge in [-0.1, -0.05) is 0 Å². The van der Waals surface area contributed by atoms with Crippen LogP contribution in [-0.2, 0) is 4.74 Å². The van der Waals surface area contributed by atoms with Gasteiger partial charge in [-0.3, -0.25) is 0 Å². The van der Waals surface area contributed by atoms with E-state index in [0.29, 0.717) is 18.7 Å². The maximum absolute atomic E-state index is 5.57. The van der Waals surface area contributed by atoms with Gasteiger partial charge in [0, 0.05) is 25.7 Å². The highest BCUT2D eigenvalue weighted by atomic mass is 16.5. The van der Waals surface area contributed by atoms with Crippen LogP contribution >= 0.6 is 0 Å². The summed E-state index contributed by atoms with van der Waals surface area (Å²) < 4.78 is 5.57. The van der Waals surface area contributed by atoms with Crippen LogP contribution in [0.15, 0.2) is 0 Å². The molecule has 12 heavy (non-hydrogen) atoms. The summed E-state index contributed by atoms with van der Waals surface area (Å²) in [6.07, 6.45) is 4.16. The first kappa shape index (κ1) is 9.96. The van der Waals surface area contributed by atoms with Crippen LogP contribution in [0.1, 0.15) is 26.2 Å². The van der Waals surface area contributed by atoms with Crippen molar-refractivity contribution in [2.24, 2.45) is 5.73 Å². The number of nitrogens with one attached hydrogen (secondary N) is 1. The fourth-order valence-corrected chi connectivity index (χ4v) is 1.38. The van der Waals surface area contributed by atoms with E-state index in [0.717, 1.165) is 13.2 Å². The first-order valence-corrected chi connectivity index (χ1v) is 4.88. The minimum atomic E-state index is 0.413. The topological polar surface area (TPSA) is 47.3 Å². The lowest BCUT2D eigenvalue weighted by atomic mass is 10.1. The Labute approximate surface area is 74.7 Å². The van der Waals surface area contributed by atoms with E-state index in [4.69, 9.17) is 10.5 Å². The third kappa shape index (κ3) is 3.52. The molecule has 3 heteroatoms. The first-order chi connectivity index (χ1) is 5.83. The molecule has 0 bridgehead atoms. The Balaban J connectivity index is 2.05. The highest BCUT2D eigenvalue weighted by Crippen LogP contribution is 2.11. The molecule has 0 aromatic carbocycles. The molecule has 1 saturated heterocycles. The molecule has 0 aromatic rings. The van der Waals surface area contributed by atoms with Gasteiger partial charge in [-0.05, 0) is 26.2 Å². The van der Waals surface area contributed by atoms with Gasteiger partial charge in [-0.15, -0.1) is 0 Å². The Morgan fingerprint density at radius 3 is 3.00 bits per heavy atom. The smallest absolute Gasteiger partial charge is 0.0699 e. The van der Waals surface area contributed by atoms with E-state index < -0.39 is 0 Å². The molecule has 0 aromatic heterocycles. The Morgan fingerprint density at radius 1 is 1.58 bits per heavy atom. The average molecular weight is 172 g/mol. The van der Waals surface area contributed by atoms with E-state index >= 15 is 0 Å². The summed E-state index contributed by atoms with van der Waals surface area (Å²) in [6.45, 7) is 4.69. The highest BCUT2D eigenvalue weighted by molar-refractivity contribution is 4.69. The number of nitrogens with two attached hydrogens (primary N) is 1. The second-order valence-corrected chi connectivity index (χ2v) is 3.53. The molecule has 2 atom stereocenters. The van der Waals surface area contributed by atoms with Crippen LogP contribution in [0.3, 0.4) is 0 Å². The zero-order valence-corrected chi connectivity index (χ0v) is 7.88. The Bertz CT molecular complexity index is 113. The van der Waals surface area contributed by atoms with Gasteiger partial charge in [0.05, 0.1) is 6.10 Å². The zero-order valence-electron chi connectivity index (χ0n) is 7.88. The van der Waals surface area contributed by atoms with Crippen molar-refractivity contribution in [3.8, 4) is 0 Å². The molecule has 1 aliphatic rings. The molecule has 0 radical (unpaired) electrons. The van der Waals surface area contributed by atoms with Gasteiger partial charge in [-0.2, -0.15) is 0 Å². The van der Waals surface area contributed by atoms with Crippen LogP contribution in [0.5, 0.6) is 0 Å². The lowest BCUT2D eigenvalue weighted by Crippen LogP contribution is -2.40. The van der Waals surface area contributed by atoms with E-state index in [1.807, 2.05) is 0 Å². The second kappa shape index (κ2) is 5.51. The lowest BCUT2D eigenvalue weighted by Gasteiger charge is -2.24. The largest absolute Gasteiger partial charge is 0.377 e. The minimum absolute atomic E-state index is 0.413. The molecule has 72 valence electrons. The van der Waals surface area contributed by atoms with Crippen molar-refractivity contribution in [3.63, 3.8) is 0 Å². The third-order valence-electron chi connectivity index (χ3n) is 2.32. The quantitative estimate of drug-likeness (QED) is 0.649. The minimum Gasteiger partial charge on any atom is -0.377 e. The summed E-state index contributed by atoms with van der Waals surface area (Å²) in [6, 6.07) is 0.413. The van der Waals surface area contributed by atoms with Gasteiger partial charge < -0.3 is 15.8 Å². The van der Waals surface area contributed by atoms with Gasteiger partial charge >= 0.3 is 0 Å². The molecule has 1 heterocycles. The second-order valence-electron chi connectivity index (χ2n) is 3.53.